The highest BCUT2D eigenvalue weighted by atomic mass is 16.5. The molecule has 16 heteroatoms. The molecule has 0 aliphatic heterocycles. The smallest absolute Gasteiger partial charge is 0.407 e. The molecular formula is C46H54N10O6. The van der Waals surface area contributed by atoms with E-state index < -0.39 is 24.1 Å². The van der Waals surface area contributed by atoms with Gasteiger partial charge in [-0.15, -0.1) is 0 Å². The van der Waals surface area contributed by atoms with Crippen molar-refractivity contribution in [3.05, 3.63) is 121 Å². The minimum Gasteiger partial charge on any atom is -0.453 e. The van der Waals surface area contributed by atoms with Crippen LogP contribution in [-0.4, -0.2) is 97.6 Å². The van der Waals surface area contributed by atoms with E-state index in [1.807, 2.05) is 32.0 Å². The minimum absolute atomic E-state index is 0.125. The van der Waals surface area contributed by atoms with Gasteiger partial charge in [-0.05, 0) is 52.9 Å². The second kappa shape index (κ2) is 22.3. The van der Waals surface area contributed by atoms with Crippen LogP contribution in [0.1, 0.15) is 63.9 Å². The van der Waals surface area contributed by atoms with Gasteiger partial charge in [-0.2, -0.15) is 0 Å². The number of methoxy groups -OCH3 is 2. The summed E-state index contributed by atoms with van der Waals surface area (Å²) in [5.41, 5.74) is 6.59. The SMILES string of the molecule is C=C(C)CN(Cc1ncc(-c2ccc(-c3ccc4cc(-c5cnc(CN(CCC)C(=O)CNC(=O)OC)[nH]5)ccc4c3)cc2)[nH]1)C(=O)C(NC(=O)OC)c1cnccn1.CCC. The highest BCUT2D eigenvalue weighted by molar-refractivity contribution is 5.91. The van der Waals surface area contributed by atoms with Gasteiger partial charge in [0.1, 0.15) is 18.2 Å². The maximum absolute atomic E-state index is 13.8. The van der Waals surface area contributed by atoms with Crippen molar-refractivity contribution in [2.45, 2.75) is 59.7 Å². The summed E-state index contributed by atoms with van der Waals surface area (Å²) in [6, 6.07) is 19.5. The summed E-state index contributed by atoms with van der Waals surface area (Å²) in [4.78, 5) is 77.4. The second-order valence-electron chi connectivity index (χ2n) is 14.6. The van der Waals surface area contributed by atoms with E-state index in [0.717, 1.165) is 56.4 Å². The Labute approximate surface area is 361 Å². The fraction of sp³-hybridized carbons (Fsp3) is 0.304. The van der Waals surface area contributed by atoms with Crippen LogP contribution in [-0.2, 0) is 32.2 Å². The number of aromatic amines is 2. The molecule has 3 aromatic carbocycles. The Hall–Kier alpha value is -7.36. The molecular weight excluding hydrogens is 789 g/mol. The summed E-state index contributed by atoms with van der Waals surface area (Å²) in [7, 11) is 2.48. The molecule has 3 aromatic heterocycles. The lowest BCUT2D eigenvalue weighted by atomic mass is 9.98. The standard InChI is InChI=1S/C43H46N10O6.C3H8/c1-6-17-52(39(54)23-48-42(56)58-4)25-37-47-22-35(50-37)33-14-13-31-18-30(11-12-32(31)19-33)28-7-9-29(10-8-28)34-21-46-38(49-34)26-53(24-27(2)3)41(55)40(51-43(57)59-5)36-20-44-15-16-45-36;1-3-2/h7-16,18-22,40H,2,6,17,23-26H2,1,3-5H3,(H,46,49)(H,47,50)(H,48,56)(H,51,57);3H2,1-2H3. The molecule has 6 rings (SSSR count). The number of rotatable bonds is 16. The van der Waals surface area contributed by atoms with Gasteiger partial charge < -0.3 is 39.9 Å². The number of nitrogens with zero attached hydrogens (tertiary/aromatic N) is 6. The average Bonchev–Trinajstić information content (AvgIpc) is 3.97. The van der Waals surface area contributed by atoms with Gasteiger partial charge in [-0.3, -0.25) is 19.6 Å². The van der Waals surface area contributed by atoms with Crippen LogP contribution in [0.15, 0.2) is 104 Å². The fourth-order valence-corrected chi connectivity index (χ4v) is 6.49. The van der Waals surface area contributed by atoms with Crippen molar-refractivity contribution >= 4 is 34.8 Å². The van der Waals surface area contributed by atoms with Crippen LogP contribution in [0, 0.1) is 0 Å². The number of imidazole rings is 2. The lowest BCUT2D eigenvalue weighted by Crippen LogP contribution is -2.43. The van der Waals surface area contributed by atoms with Crippen molar-refractivity contribution in [2.75, 3.05) is 33.9 Å². The topological polar surface area (TPSA) is 200 Å². The van der Waals surface area contributed by atoms with Crippen LogP contribution in [0.2, 0.25) is 0 Å². The van der Waals surface area contributed by atoms with Crippen LogP contribution in [0.5, 0.6) is 0 Å². The number of carbonyl (C=O) groups excluding carboxylic acids is 4. The fourth-order valence-electron chi connectivity index (χ4n) is 6.49. The van der Waals surface area contributed by atoms with Gasteiger partial charge >= 0.3 is 12.2 Å². The van der Waals surface area contributed by atoms with Crippen LogP contribution in [0.25, 0.3) is 44.4 Å². The van der Waals surface area contributed by atoms with E-state index in [2.05, 4.69) is 108 Å². The Balaban J connectivity index is 0.00000235. The highest BCUT2D eigenvalue weighted by Gasteiger charge is 2.30. The molecule has 0 bridgehead atoms. The van der Waals surface area contributed by atoms with Crippen LogP contribution < -0.4 is 10.6 Å². The third kappa shape index (κ3) is 12.3. The molecule has 0 saturated heterocycles. The second-order valence-corrected chi connectivity index (χ2v) is 14.6. The summed E-state index contributed by atoms with van der Waals surface area (Å²) in [6.07, 6.45) is 8.41. The van der Waals surface area contributed by atoms with Gasteiger partial charge in [0.25, 0.3) is 5.91 Å². The molecule has 4 N–H and O–H groups in total. The lowest BCUT2D eigenvalue weighted by molar-refractivity contribution is -0.134. The molecule has 0 saturated carbocycles. The van der Waals surface area contributed by atoms with E-state index in [4.69, 9.17) is 4.74 Å². The van der Waals surface area contributed by atoms with Crippen LogP contribution >= 0.6 is 0 Å². The zero-order valence-corrected chi connectivity index (χ0v) is 36.0. The van der Waals surface area contributed by atoms with Crippen molar-refractivity contribution in [1.82, 2.24) is 50.3 Å². The molecule has 0 aliphatic rings. The number of alkyl carbamates (subject to hydrolysis) is 2. The van der Waals surface area contributed by atoms with E-state index in [9.17, 15) is 19.2 Å². The number of hydrogen-bond acceptors (Lipinski definition) is 10. The largest absolute Gasteiger partial charge is 0.453 e. The first-order chi connectivity index (χ1) is 30.0. The number of nitrogens with one attached hydrogen (secondary N) is 4. The number of ether oxygens (including phenoxy) is 2. The van der Waals surface area contributed by atoms with E-state index in [-0.39, 0.29) is 37.8 Å². The molecule has 1 atom stereocenters. The van der Waals surface area contributed by atoms with E-state index >= 15 is 0 Å². The Bertz CT molecular complexity index is 2450. The van der Waals surface area contributed by atoms with Crippen molar-refractivity contribution in [2.24, 2.45) is 0 Å². The third-order valence-electron chi connectivity index (χ3n) is 9.38. The number of carbonyl (C=O) groups is 4. The molecule has 1 unspecified atom stereocenters. The Kier molecular flexibility index (Phi) is 16.4. The van der Waals surface area contributed by atoms with E-state index in [0.29, 0.717) is 18.2 Å². The van der Waals surface area contributed by atoms with E-state index in [1.54, 1.807) is 22.2 Å². The van der Waals surface area contributed by atoms with Gasteiger partial charge in [0, 0.05) is 31.0 Å². The maximum Gasteiger partial charge on any atom is 0.407 e. The molecule has 62 heavy (non-hydrogen) atoms. The minimum atomic E-state index is -1.13. The molecule has 16 nitrogen and oxygen atoms in total. The summed E-state index contributed by atoms with van der Waals surface area (Å²) < 4.78 is 9.33. The van der Waals surface area contributed by atoms with Crippen molar-refractivity contribution in [3.8, 4) is 33.6 Å². The Morgan fingerprint density at radius 1 is 0.726 bits per heavy atom. The number of hydrogen-bond donors (Lipinski definition) is 4. The lowest BCUT2D eigenvalue weighted by Gasteiger charge is -2.26. The molecule has 324 valence electrons. The quantitative estimate of drug-likeness (QED) is 0.0704. The summed E-state index contributed by atoms with van der Waals surface area (Å²) in [6.45, 7) is 13.0. The zero-order chi connectivity index (χ0) is 44.6. The van der Waals surface area contributed by atoms with E-state index in [1.165, 1.54) is 39.2 Å². The van der Waals surface area contributed by atoms with Crippen molar-refractivity contribution in [1.29, 1.82) is 0 Å². The number of H-pyrrole nitrogens is 2. The zero-order valence-electron chi connectivity index (χ0n) is 36.0. The highest BCUT2D eigenvalue weighted by Crippen LogP contribution is 2.30. The van der Waals surface area contributed by atoms with Gasteiger partial charge in [0.05, 0.1) is 63.0 Å². The summed E-state index contributed by atoms with van der Waals surface area (Å²) in [5.74, 6) is 0.544. The average molecular weight is 843 g/mol. The van der Waals surface area contributed by atoms with Crippen LogP contribution in [0.4, 0.5) is 9.59 Å². The number of fused-ring (bicyclic) bond motifs is 1. The van der Waals surface area contributed by atoms with Gasteiger partial charge in [-0.1, -0.05) is 87.9 Å². The van der Waals surface area contributed by atoms with Crippen molar-refractivity contribution in [3.63, 3.8) is 0 Å². The van der Waals surface area contributed by atoms with Gasteiger partial charge in [-0.25, -0.2) is 19.6 Å². The van der Waals surface area contributed by atoms with Crippen molar-refractivity contribution < 1.29 is 28.7 Å². The monoisotopic (exact) mass is 842 g/mol. The normalized spacial score (nSPS) is 11.1. The maximum atomic E-state index is 13.8. The Morgan fingerprint density at radius 2 is 1.29 bits per heavy atom. The molecule has 0 spiro atoms. The van der Waals surface area contributed by atoms with Gasteiger partial charge in [0.15, 0.2) is 6.04 Å². The molecule has 0 aliphatic carbocycles. The number of benzene rings is 3. The number of amides is 4. The number of aromatic nitrogens is 6. The molecule has 0 fully saturated rings. The van der Waals surface area contributed by atoms with Gasteiger partial charge in [0.2, 0.25) is 5.91 Å². The predicted molar refractivity (Wildman–Crippen MR) is 237 cm³/mol. The molecule has 0 radical (unpaired) electrons. The molecule has 4 amide bonds. The van der Waals surface area contributed by atoms with Crippen LogP contribution in [0.3, 0.4) is 0 Å². The Morgan fingerprint density at radius 3 is 1.87 bits per heavy atom. The first kappa shape index (κ1) is 45.7. The first-order valence-corrected chi connectivity index (χ1v) is 20.3. The summed E-state index contributed by atoms with van der Waals surface area (Å²) >= 11 is 0. The third-order valence-corrected chi connectivity index (χ3v) is 9.38. The molecule has 6 aromatic rings. The summed E-state index contributed by atoms with van der Waals surface area (Å²) in [5, 5.41) is 7.14. The predicted octanol–water partition coefficient (Wildman–Crippen LogP) is 7.59. The first-order valence-electron chi connectivity index (χ1n) is 20.3. The molecule has 3 heterocycles.